The lowest BCUT2D eigenvalue weighted by molar-refractivity contribution is 0.551. The molecule has 0 aliphatic carbocycles. The number of thiophene rings is 1. The van der Waals surface area contributed by atoms with Crippen LogP contribution < -0.4 is 5.32 Å². The topological polar surface area (TPSA) is 37.8 Å². The molecule has 20 heavy (non-hydrogen) atoms. The summed E-state index contributed by atoms with van der Waals surface area (Å²) in [5.41, 5.74) is 0. The monoisotopic (exact) mass is 309 g/mol. The highest BCUT2D eigenvalue weighted by molar-refractivity contribution is 7.10. The highest BCUT2D eigenvalue weighted by Gasteiger charge is 2.17. The standard InChI is InChI=1S/C15H20ClN3S/c1-4-6-13-17-12(16)9-14(18-13)19-15(10(2)3)11-7-5-8-20-11/h5,7-10,15H,4,6H2,1-3H3,(H,17,18,19). The Morgan fingerprint density at radius 3 is 2.75 bits per heavy atom. The van der Waals surface area contributed by atoms with E-state index in [4.69, 9.17) is 11.6 Å². The maximum Gasteiger partial charge on any atom is 0.134 e. The van der Waals surface area contributed by atoms with Crippen LogP contribution in [0.2, 0.25) is 5.15 Å². The molecule has 5 heteroatoms. The molecule has 108 valence electrons. The molecule has 3 nitrogen and oxygen atoms in total. The smallest absolute Gasteiger partial charge is 0.134 e. The van der Waals surface area contributed by atoms with Crippen LogP contribution in [-0.2, 0) is 6.42 Å². The van der Waals surface area contributed by atoms with Crippen LogP contribution >= 0.6 is 22.9 Å². The summed E-state index contributed by atoms with van der Waals surface area (Å²) in [5, 5.41) is 6.09. The molecule has 0 aliphatic heterocycles. The summed E-state index contributed by atoms with van der Waals surface area (Å²) in [6.45, 7) is 6.51. The Hall–Kier alpha value is -1.13. The second kappa shape index (κ2) is 7.04. The van der Waals surface area contributed by atoms with E-state index in [2.05, 4.69) is 53.6 Å². The SMILES string of the molecule is CCCc1nc(Cl)cc(NC(c2cccs2)C(C)C)n1. The molecule has 2 heterocycles. The minimum atomic E-state index is 0.246. The molecule has 2 aromatic heterocycles. The molecule has 0 fully saturated rings. The second-order valence-electron chi connectivity index (χ2n) is 5.12. The quantitative estimate of drug-likeness (QED) is 0.767. The van der Waals surface area contributed by atoms with E-state index < -0.39 is 0 Å². The Labute approximate surface area is 129 Å². The van der Waals surface area contributed by atoms with E-state index in [9.17, 15) is 0 Å². The molecule has 0 bridgehead atoms. The Kier molecular flexibility index (Phi) is 5.38. The van der Waals surface area contributed by atoms with Gasteiger partial charge in [0.05, 0.1) is 6.04 Å². The highest BCUT2D eigenvalue weighted by Crippen LogP contribution is 2.29. The zero-order valence-electron chi connectivity index (χ0n) is 12.1. The molecule has 0 saturated heterocycles. The van der Waals surface area contributed by atoms with Gasteiger partial charge in [0.1, 0.15) is 16.8 Å². The highest BCUT2D eigenvalue weighted by atomic mass is 35.5. The molecule has 0 radical (unpaired) electrons. The summed E-state index contributed by atoms with van der Waals surface area (Å²) in [7, 11) is 0. The fraction of sp³-hybridized carbons (Fsp3) is 0.467. The maximum absolute atomic E-state index is 6.09. The van der Waals surface area contributed by atoms with Crippen molar-refractivity contribution < 1.29 is 0 Å². The van der Waals surface area contributed by atoms with Gasteiger partial charge in [0, 0.05) is 17.4 Å². The number of hydrogen-bond acceptors (Lipinski definition) is 4. The Bertz CT molecular complexity index is 540. The molecule has 2 rings (SSSR count). The number of halogens is 1. The number of nitrogens with one attached hydrogen (secondary N) is 1. The number of aryl methyl sites for hydroxylation is 1. The fourth-order valence-electron chi connectivity index (χ4n) is 2.07. The van der Waals surface area contributed by atoms with Gasteiger partial charge in [-0.1, -0.05) is 38.4 Å². The molecule has 0 saturated carbocycles. The lowest BCUT2D eigenvalue weighted by Crippen LogP contribution is -2.17. The van der Waals surface area contributed by atoms with Gasteiger partial charge in [0.15, 0.2) is 0 Å². The number of hydrogen-bond donors (Lipinski definition) is 1. The number of anilines is 1. The van der Waals surface area contributed by atoms with Crippen molar-refractivity contribution in [3.05, 3.63) is 39.4 Å². The molecular formula is C15H20ClN3S. The number of nitrogens with zero attached hydrogens (tertiary/aromatic N) is 2. The molecule has 0 aliphatic rings. The summed E-state index contributed by atoms with van der Waals surface area (Å²) >= 11 is 7.84. The summed E-state index contributed by atoms with van der Waals surface area (Å²) in [6, 6.07) is 6.27. The molecule has 0 spiro atoms. The van der Waals surface area contributed by atoms with Crippen molar-refractivity contribution >= 4 is 28.8 Å². The molecule has 0 aromatic carbocycles. The summed E-state index contributed by atoms with van der Waals surface area (Å²) in [4.78, 5) is 10.1. The Morgan fingerprint density at radius 2 is 2.15 bits per heavy atom. The number of rotatable bonds is 6. The van der Waals surface area contributed by atoms with E-state index >= 15 is 0 Å². The van der Waals surface area contributed by atoms with Gasteiger partial charge in [-0.2, -0.15) is 0 Å². The van der Waals surface area contributed by atoms with E-state index in [-0.39, 0.29) is 6.04 Å². The number of aromatic nitrogens is 2. The first-order valence-corrected chi connectivity index (χ1v) is 8.19. The lowest BCUT2D eigenvalue weighted by Gasteiger charge is -2.22. The van der Waals surface area contributed by atoms with Gasteiger partial charge in [-0.05, 0) is 23.8 Å². The van der Waals surface area contributed by atoms with Crippen LogP contribution in [0, 0.1) is 5.92 Å². The third-order valence-corrected chi connectivity index (χ3v) is 4.18. The van der Waals surface area contributed by atoms with E-state index in [1.54, 1.807) is 17.4 Å². The van der Waals surface area contributed by atoms with Gasteiger partial charge in [-0.3, -0.25) is 0 Å². The van der Waals surface area contributed by atoms with Gasteiger partial charge < -0.3 is 5.32 Å². The van der Waals surface area contributed by atoms with Crippen molar-refractivity contribution in [2.45, 2.75) is 39.7 Å². The molecular weight excluding hydrogens is 290 g/mol. The van der Waals surface area contributed by atoms with Crippen molar-refractivity contribution in [3.8, 4) is 0 Å². The minimum Gasteiger partial charge on any atom is -0.362 e. The Morgan fingerprint density at radius 1 is 1.35 bits per heavy atom. The van der Waals surface area contributed by atoms with E-state index in [1.807, 2.05) is 0 Å². The van der Waals surface area contributed by atoms with Crippen LogP contribution in [0.4, 0.5) is 5.82 Å². The van der Waals surface area contributed by atoms with Gasteiger partial charge in [0.25, 0.3) is 0 Å². The van der Waals surface area contributed by atoms with E-state index in [0.717, 1.165) is 24.5 Å². The van der Waals surface area contributed by atoms with Crippen LogP contribution in [0.5, 0.6) is 0 Å². The first-order chi connectivity index (χ1) is 9.60. The fourth-order valence-corrected chi connectivity index (χ4v) is 3.22. The summed E-state index contributed by atoms with van der Waals surface area (Å²) in [5.74, 6) is 2.08. The molecule has 1 N–H and O–H groups in total. The first kappa shape index (κ1) is 15.3. The van der Waals surface area contributed by atoms with Crippen LogP contribution in [-0.4, -0.2) is 9.97 Å². The minimum absolute atomic E-state index is 0.246. The van der Waals surface area contributed by atoms with Gasteiger partial charge in [-0.25, -0.2) is 9.97 Å². The molecule has 2 aromatic rings. The van der Waals surface area contributed by atoms with Crippen LogP contribution in [0.3, 0.4) is 0 Å². The zero-order valence-corrected chi connectivity index (χ0v) is 13.6. The zero-order chi connectivity index (χ0) is 14.5. The van der Waals surface area contributed by atoms with E-state index in [1.165, 1.54) is 4.88 Å². The van der Waals surface area contributed by atoms with Crippen LogP contribution in [0.1, 0.15) is 43.9 Å². The van der Waals surface area contributed by atoms with Gasteiger partial charge >= 0.3 is 0 Å². The first-order valence-electron chi connectivity index (χ1n) is 6.93. The van der Waals surface area contributed by atoms with Crippen LogP contribution in [0.25, 0.3) is 0 Å². The van der Waals surface area contributed by atoms with Crippen molar-refractivity contribution in [2.24, 2.45) is 5.92 Å². The third kappa shape index (κ3) is 3.93. The summed E-state index contributed by atoms with van der Waals surface area (Å²) in [6.07, 6.45) is 1.86. The van der Waals surface area contributed by atoms with Gasteiger partial charge in [-0.15, -0.1) is 11.3 Å². The van der Waals surface area contributed by atoms with Crippen molar-refractivity contribution in [2.75, 3.05) is 5.32 Å². The summed E-state index contributed by atoms with van der Waals surface area (Å²) < 4.78 is 0. The second-order valence-corrected chi connectivity index (χ2v) is 6.49. The Balaban J connectivity index is 2.22. The third-order valence-electron chi connectivity index (χ3n) is 3.03. The normalized spacial score (nSPS) is 12.7. The maximum atomic E-state index is 6.09. The largest absolute Gasteiger partial charge is 0.362 e. The predicted molar refractivity (Wildman–Crippen MR) is 86.6 cm³/mol. The molecule has 1 unspecified atom stereocenters. The average Bonchev–Trinajstić information content (AvgIpc) is 2.89. The molecule has 0 amide bonds. The lowest BCUT2D eigenvalue weighted by atomic mass is 10.0. The van der Waals surface area contributed by atoms with Crippen molar-refractivity contribution in [1.29, 1.82) is 0 Å². The van der Waals surface area contributed by atoms with Gasteiger partial charge in [0.2, 0.25) is 0 Å². The van der Waals surface area contributed by atoms with Crippen molar-refractivity contribution in [3.63, 3.8) is 0 Å². The predicted octanol–water partition coefficient (Wildman–Crippen LogP) is 4.95. The average molecular weight is 310 g/mol. The van der Waals surface area contributed by atoms with Crippen LogP contribution in [0.15, 0.2) is 23.6 Å². The van der Waals surface area contributed by atoms with E-state index in [0.29, 0.717) is 11.1 Å². The molecule has 1 atom stereocenters. The van der Waals surface area contributed by atoms with Crippen molar-refractivity contribution in [1.82, 2.24) is 9.97 Å².